The summed E-state index contributed by atoms with van der Waals surface area (Å²) in [4.78, 5) is 22.6. The van der Waals surface area contributed by atoms with Gasteiger partial charge in [0, 0.05) is 23.3 Å². The van der Waals surface area contributed by atoms with Gasteiger partial charge in [-0.15, -0.1) is 0 Å². The van der Waals surface area contributed by atoms with Crippen LogP contribution in [0.4, 0.5) is 10.5 Å². The summed E-state index contributed by atoms with van der Waals surface area (Å²) < 4.78 is 0. The van der Waals surface area contributed by atoms with Crippen LogP contribution >= 0.6 is 0 Å². The number of urea groups is 1. The van der Waals surface area contributed by atoms with Crippen molar-refractivity contribution in [3.63, 3.8) is 0 Å². The van der Waals surface area contributed by atoms with Gasteiger partial charge in [0.15, 0.2) is 0 Å². The van der Waals surface area contributed by atoms with Crippen molar-refractivity contribution in [3.8, 4) is 11.1 Å². The Hall–Kier alpha value is -4.00. The highest BCUT2D eigenvalue weighted by Gasteiger charge is 2.25. The Balaban J connectivity index is 1.77. The average molecular weight is 400 g/mol. The maximum absolute atomic E-state index is 12.0. The van der Waals surface area contributed by atoms with Gasteiger partial charge < -0.3 is 5.73 Å². The van der Waals surface area contributed by atoms with Crippen LogP contribution in [0.2, 0.25) is 0 Å². The maximum Gasteiger partial charge on any atom is 0.335 e. The summed E-state index contributed by atoms with van der Waals surface area (Å²) >= 11 is 0. The number of non-ortho nitro benzene ring substituents is 1. The number of rotatable bonds is 3. The SMILES string of the molecule is CC1Cc2ccccc2C(c2ccc(-c3cccc([N+](=O)[O-])c3)cc2)=NN1C(N)=O. The summed E-state index contributed by atoms with van der Waals surface area (Å²) in [5.41, 5.74) is 10.8. The molecule has 1 aliphatic rings. The van der Waals surface area contributed by atoms with Gasteiger partial charge in [0.2, 0.25) is 0 Å². The fourth-order valence-electron chi connectivity index (χ4n) is 3.69. The summed E-state index contributed by atoms with van der Waals surface area (Å²) in [5, 5.41) is 17.0. The number of hydrogen-bond acceptors (Lipinski definition) is 4. The lowest BCUT2D eigenvalue weighted by atomic mass is 9.94. The zero-order valence-electron chi connectivity index (χ0n) is 16.4. The minimum absolute atomic E-state index is 0.0461. The van der Waals surface area contributed by atoms with E-state index in [2.05, 4.69) is 5.10 Å². The van der Waals surface area contributed by atoms with Crippen LogP contribution in [-0.2, 0) is 6.42 Å². The number of nitro groups is 1. The topological polar surface area (TPSA) is 102 Å². The zero-order valence-corrected chi connectivity index (χ0v) is 16.4. The molecular weight excluding hydrogens is 380 g/mol. The number of carbonyl (C=O) groups is 1. The number of fused-ring (bicyclic) bond motifs is 1. The van der Waals surface area contributed by atoms with Gasteiger partial charge in [-0.3, -0.25) is 10.1 Å². The van der Waals surface area contributed by atoms with E-state index in [0.29, 0.717) is 12.1 Å². The van der Waals surface area contributed by atoms with Crippen LogP contribution in [0.1, 0.15) is 23.6 Å². The first-order valence-corrected chi connectivity index (χ1v) is 9.55. The summed E-state index contributed by atoms with van der Waals surface area (Å²) in [5.74, 6) is 0. The Kier molecular flexibility index (Phi) is 5.02. The van der Waals surface area contributed by atoms with Gasteiger partial charge in [0.05, 0.1) is 16.7 Å². The molecule has 4 rings (SSSR count). The van der Waals surface area contributed by atoms with Crippen LogP contribution < -0.4 is 5.73 Å². The van der Waals surface area contributed by atoms with E-state index in [1.807, 2.05) is 61.5 Å². The molecule has 30 heavy (non-hydrogen) atoms. The second kappa shape index (κ2) is 7.79. The van der Waals surface area contributed by atoms with Crippen molar-refractivity contribution in [2.75, 3.05) is 0 Å². The van der Waals surface area contributed by atoms with E-state index >= 15 is 0 Å². The monoisotopic (exact) mass is 400 g/mol. The normalized spacial score (nSPS) is 15.7. The zero-order chi connectivity index (χ0) is 21.3. The molecule has 1 atom stereocenters. The van der Waals surface area contributed by atoms with Gasteiger partial charge in [-0.1, -0.05) is 60.7 Å². The molecule has 7 nitrogen and oxygen atoms in total. The predicted octanol–water partition coefficient (Wildman–Crippen LogP) is 4.34. The number of benzene rings is 3. The molecule has 3 aromatic rings. The molecule has 7 heteroatoms. The summed E-state index contributed by atoms with van der Waals surface area (Å²) in [7, 11) is 0. The molecule has 3 aromatic carbocycles. The lowest BCUT2D eigenvalue weighted by Crippen LogP contribution is -2.39. The number of nitro benzene ring substituents is 1. The molecule has 2 amide bonds. The van der Waals surface area contributed by atoms with Crippen molar-refractivity contribution in [2.45, 2.75) is 19.4 Å². The van der Waals surface area contributed by atoms with Gasteiger partial charge in [0.1, 0.15) is 0 Å². The molecule has 0 radical (unpaired) electrons. The van der Waals surface area contributed by atoms with E-state index in [0.717, 1.165) is 27.8 Å². The highest BCUT2D eigenvalue weighted by Crippen LogP contribution is 2.27. The Morgan fingerprint density at radius 2 is 1.73 bits per heavy atom. The number of amides is 2. The quantitative estimate of drug-likeness (QED) is 0.522. The highest BCUT2D eigenvalue weighted by atomic mass is 16.6. The number of nitrogens with zero attached hydrogens (tertiary/aromatic N) is 3. The largest absolute Gasteiger partial charge is 0.350 e. The van der Waals surface area contributed by atoms with Gasteiger partial charge in [0.25, 0.3) is 5.69 Å². The second-order valence-corrected chi connectivity index (χ2v) is 7.23. The van der Waals surface area contributed by atoms with Crippen LogP contribution in [-0.4, -0.2) is 27.7 Å². The molecule has 150 valence electrons. The fourth-order valence-corrected chi connectivity index (χ4v) is 3.69. The lowest BCUT2D eigenvalue weighted by Gasteiger charge is -2.20. The average Bonchev–Trinajstić information content (AvgIpc) is 2.90. The Morgan fingerprint density at radius 3 is 2.43 bits per heavy atom. The van der Waals surface area contributed by atoms with Crippen LogP contribution in [0.5, 0.6) is 0 Å². The van der Waals surface area contributed by atoms with Crippen molar-refractivity contribution in [1.82, 2.24) is 5.01 Å². The number of hydrazone groups is 1. The molecule has 0 aliphatic carbocycles. The van der Waals surface area contributed by atoms with Crippen LogP contribution in [0.25, 0.3) is 11.1 Å². The van der Waals surface area contributed by atoms with Gasteiger partial charge >= 0.3 is 6.03 Å². The third-order valence-corrected chi connectivity index (χ3v) is 5.19. The number of primary amides is 1. The summed E-state index contributed by atoms with van der Waals surface area (Å²) in [6.45, 7) is 1.92. The second-order valence-electron chi connectivity index (χ2n) is 7.23. The number of nitrogens with two attached hydrogens (primary N) is 1. The molecule has 0 bridgehead atoms. The molecule has 0 spiro atoms. The van der Waals surface area contributed by atoms with E-state index in [1.54, 1.807) is 12.1 Å². The van der Waals surface area contributed by atoms with Crippen LogP contribution in [0, 0.1) is 10.1 Å². The summed E-state index contributed by atoms with van der Waals surface area (Å²) in [6.07, 6.45) is 0.651. The van der Waals surface area contributed by atoms with E-state index in [4.69, 9.17) is 5.73 Å². The number of carbonyl (C=O) groups excluding carboxylic acids is 1. The van der Waals surface area contributed by atoms with Crippen LogP contribution in [0.3, 0.4) is 0 Å². The Morgan fingerprint density at radius 1 is 1.03 bits per heavy atom. The van der Waals surface area contributed by atoms with Crippen molar-refractivity contribution in [2.24, 2.45) is 10.8 Å². The maximum atomic E-state index is 12.0. The van der Waals surface area contributed by atoms with Crippen molar-refractivity contribution < 1.29 is 9.72 Å². The third-order valence-electron chi connectivity index (χ3n) is 5.19. The fraction of sp³-hybridized carbons (Fsp3) is 0.130. The molecule has 2 N–H and O–H groups in total. The minimum atomic E-state index is -0.596. The first-order valence-electron chi connectivity index (χ1n) is 9.55. The summed E-state index contributed by atoms with van der Waals surface area (Å²) in [6, 6.07) is 21.3. The van der Waals surface area contributed by atoms with E-state index in [-0.39, 0.29) is 11.7 Å². The molecule has 0 aromatic heterocycles. The molecule has 1 aliphatic heterocycles. The van der Waals surface area contributed by atoms with Gasteiger partial charge in [-0.05, 0) is 30.0 Å². The van der Waals surface area contributed by atoms with Gasteiger partial charge in [-0.2, -0.15) is 5.10 Å². The highest BCUT2D eigenvalue weighted by molar-refractivity contribution is 6.14. The predicted molar refractivity (Wildman–Crippen MR) is 115 cm³/mol. The molecular formula is C23H20N4O3. The molecule has 1 heterocycles. The van der Waals surface area contributed by atoms with Gasteiger partial charge in [-0.25, -0.2) is 9.80 Å². The van der Waals surface area contributed by atoms with E-state index in [1.165, 1.54) is 11.1 Å². The smallest absolute Gasteiger partial charge is 0.335 e. The van der Waals surface area contributed by atoms with Crippen molar-refractivity contribution in [1.29, 1.82) is 0 Å². The number of hydrogen-bond donors (Lipinski definition) is 1. The van der Waals surface area contributed by atoms with Crippen molar-refractivity contribution in [3.05, 3.63) is 99.6 Å². The Labute approximate surface area is 173 Å². The Bertz CT molecular complexity index is 1160. The van der Waals surface area contributed by atoms with E-state index < -0.39 is 11.0 Å². The van der Waals surface area contributed by atoms with Crippen molar-refractivity contribution >= 4 is 17.4 Å². The molecule has 0 fully saturated rings. The van der Waals surface area contributed by atoms with Crippen LogP contribution in [0.15, 0.2) is 77.9 Å². The van der Waals surface area contributed by atoms with E-state index in [9.17, 15) is 14.9 Å². The molecule has 0 saturated carbocycles. The first kappa shape index (κ1) is 19.3. The molecule has 0 saturated heterocycles. The lowest BCUT2D eigenvalue weighted by molar-refractivity contribution is -0.384. The third kappa shape index (κ3) is 3.65. The molecule has 1 unspecified atom stereocenters. The first-order chi connectivity index (χ1) is 14.4. The minimum Gasteiger partial charge on any atom is -0.350 e. The standard InChI is InChI=1S/C23H20N4O3/c1-15-13-19-5-2-3-8-21(19)22(25-26(15)23(24)28)17-11-9-16(10-12-17)18-6-4-7-20(14-18)27(29)30/h2-12,14-15H,13H2,1H3,(H2,24,28).